The van der Waals surface area contributed by atoms with Crippen LogP contribution in [-0.4, -0.2) is 15.0 Å². The zero-order valence-corrected chi connectivity index (χ0v) is 15.1. The zero-order chi connectivity index (χ0) is 17.3. The van der Waals surface area contributed by atoms with E-state index in [2.05, 4.69) is 21.2 Å². The number of para-hydroxylation sites is 1. The second kappa shape index (κ2) is 6.65. The Morgan fingerprint density at radius 3 is 2.71 bits per heavy atom. The van der Waals surface area contributed by atoms with Gasteiger partial charge in [-0.25, -0.2) is 0 Å². The third kappa shape index (κ3) is 3.01. The van der Waals surface area contributed by atoms with Crippen molar-refractivity contribution in [1.29, 1.82) is 0 Å². The van der Waals surface area contributed by atoms with Crippen LogP contribution in [0, 0.1) is 6.92 Å². The van der Waals surface area contributed by atoms with Crippen molar-refractivity contribution in [3.05, 3.63) is 63.1 Å². The van der Waals surface area contributed by atoms with Crippen molar-refractivity contribution in [2.75, 3.05) is 5.32 Å². The van der Waals surface area contributed by atoms with Crippen molar-refractivity contribution in [2.45, 2.75) is 26.9 Å². The number of fused-ring (bicyclic) bond motifs is 1. The fraction of sp³-hybridized carbons (Fsp3) is 0.222. The highest BCUT2D eigenvalue weighted by Crippen LogP contribution is 2.30. The van der Waals surface area contributed by atoms with Crippen LogP contribution in [-0.2, 0) is 17.9 Å². The summed E-state index contributed by atoms with van der Waals surface area (Å²) < 4.78 is 4.54. The van der Waals surface area contributed by atoms with E-state index in [0.717, 1.165) is 21.1 Å². The van der Waals surface area contributed by atoms with Crippen LogP contribution in [0.4, 0.5) is 5.69 Å². The normalized spacial score (nSPS) is 11.0. The zero-order valence-electron chi connectivity index (χ0n) is 13.5. The van der Waals surface area contributed by atoms with E-state index < -0.39 is 0 Å². The highest BCUT2D eigenvalue weighted by atomic mass is 79.9. The van der Waals surface area contributed by atoms with Gasteiger partial charge in [0, 0.05) is 39.9 Å². The van der Waals surface area contributed by atoms with E-state index in [0.29, 0.717) is 12.2 Å². The molecule has 24 heavy (non-hydrogen) atoms. The van der Waals surface area contributed by atoms with Gasteiger partial charge in [-0.15, -0.1) is 0 Å². The van der Waals surface area contributed by atoms with Crippen LogP contribution < -0.4 is 10.9 Å². The Kier molecular flexibility index (Phi) is 4.57. The molecule has 2 heterocycles. The number of halogens is 1. The van der Waals surface area contributed by atoms with Crippen LogP contribution in [0.2, 0.25) is 0 Å². The van der Waals surface area contributed by atoms with Gasteiger partial charge in [0.15, 0.2) is 0 Å². The van der Waals surface area contributed by atoms with Crippen LogP contribution in [0.1, 0.15) is 12.6 Å². The first-order chi connectivity index (χ1) is 11.5. The number of pyridine rings is 1. The number of nitrogens with zero attached hydrogens (tertiary/aromatic N) is 2. The second-order valence-corrected chi connectivity index (χ2v) is 6.39. The van der Waals surface area contributed by atoms with Crippen molar-refractivity contribution in [3.63, 3.8) is 0 Å². The molecule has 0 unspecified atom stereocenters. The van der Waals surface area contributed by atoms with E-state index in [4.69, 9.17) is 0 Å². The first kappa shape index (κ1) is 16.5. The molecule has 1 amide bonds. The van der Waals surface area contributed by atoms with Crippen LogP contribution in [0.3, 0.4) is 0 Å². The first-order valence-electron chi connectivity index (χ1n) is 7.75. The Labute approximate surface area is 148 Å². The number of benzene rings is 1. The third-order valence-electron chi connectivity index (χ3n) is 4.06. The highest BCUT2D eigenvalue weighted by molar-refractivity contribution is 9.10. The molecule has 0 bridgehead atoms. The molecule has 1 N–H and O–H groups in total. The van der Waals surface area contributed by atoms with E-state index in [1.54, 1.807) is 16.8 Å². The fourth-order valence-electron chi connectivity index (χ4n) is 2.79. The van der Waals surface area contributed by atoms with Crippen molar-refractivity contribution >= 4 is 38.4 Å². The summed E-state index contributed by atoms with van der Waals surface area (Å²) >= 11 is 3.59. The van der Waals surface area contributed by atoms with Gasteiger partial charge in [-0.3, -0.25) is 9.59 Å². The second-order valence-electron chi connectivity index (χ2n) is 5.59. The molecule has 0 atom stereocenters. The summed E-state index contributed by atoms with van der Waals surface area (Å²) in [5, 5.41) is 3.94. The van der Waals surface area contributed by atoms with Crippen molar-refractivity contribution in [1.82, 2.24) is 9.13 Å². The third-order valence-corrected chi connectivity index (χ3v) is 5.06. The van der Waals surface area contributed by atoms with Gasteiger partial charge in [-0.05, 0) is 41.9 Å². The summed E-state index contributed by atoms with van der Waals surface area (Å²) in [6, 6.07) is 11.1. The van der Waals surface area contributed by atoms with Crippen LogP contribution in [0.25, 0.3) is 10.9 Å². The molecule has 2 aromatic heterocycles. The number of nitrogens with one attached hydrogen (secondary N) is 1. The van der Waals surface area contributed by atoms with E-state index >= 15 is 0 Å². The van der Waals surface area contributed by atoms with Crippen molar-refractivity contribution < 1.29 is 4.79 Å². The SMILES string of the molecule is CCn1cc(NC(=O)Cn2c(C)c(Br)c3ccccc32)ccc1=O. The van der Waals surface area contributed by atoms with E-state index in [-0.39, 0.29) is 18.0 Å². The maximum absolute atomic E-state index is 12.4. The Bertz CT molecular complexity index is 972. The van der Waals surface area contributed by atoms with E-state index in [1.807, 2.05) is 42.7 Å². The summed E-state index contributed by atoms with van der Waals surface area (Å²) in [5.41, 5.74) is 2.56. The Morgan fingerprint density at radius 1 is 1.21 bits per heavy atom. The number of carbonyl (C=O) groups is 1. The lowest BCUT2D eigenvalue weighted by atomic mass is 10.2. The van der Waals surface area contributed by atoms with Gasteiger partial charge in [0.1, 0.15) is 6.54 Å². The molecule has 124 valence electrons. The van der Waals surface area contributed by atoms with E-state index in [1.165, 1.54) is 6.07 Å². The van der Waals surface area contributed by atoms with Gasteiger partial charge < -0.3 is 14.5 Å². The minimum absolute atomic E-state index is 0.0772. The van der Waals surface area contributed by atoms with Gasteiger partial charge in [0.25, 0.3) is 5.56 Å². The molecule has 0 radical (unpaired) electrons. The number of hydrogen-bond donors (Lipinski definition) is 1. The first-order valence-corrected chi connectivity index (χ1v) is 8.54. The summed E-state index contributed by atoms with van der Waals surface area (Å²) in [5.74, 6) is -0.132. The smallest absolute Gasteiger partial charge is 0.250 e. The van der Waals surface area contributed by atoms with Gasteiger partial charge >= 0.3 is 0 Å². The number of amides is 1. The fourth-order valence-corrected chi connectivity index (χ4v) is 3.34. The molecule has 0 saturated heterocycles. The summed E-state index contributed by atoms with van der Waals surface area (Å²) in [7, 11) is 0. The minimum atomic E-state index is -0.132. The Morgan fingerprint density at radius 2 is 1.96 bits per heavy atom. The minimum Gasteiger partial charge on any atom is -0.334 e. The number of hydrogen-bond acceptors (Lipinski definition) is 2. The highest BCUT2D eigenvalue weighted by Gasteiger charge is 2.14. The molecule has 6 heteroatoms. The molecule has 5 nitrogen and oxygen atoms in total. The number of anilines is 1. The molecule has 0 aliphatic carbocycles. The van der Waals surface area contributed by atoms with Crippen molar-refractivity contribution in [2.24, 2.45) is 0 Å². The molecule has 1 aromatic carbocycles. The molecule has 0 saturated carbocycles. The largest absolute Gasteiger partial charge is 0.334 e. The van der Waals surface area contributed by atoms with Gasteiger partial charge in [0.05, 0.1) is 5.69 Å². The number of aromatic nitrogens is 2. The number of carbonyl (C=O) groups excluding carboxylic acids is 1. The lowest BCUT2D eigenvalue weighted by Gasteiger charge is -2.10. The molecule has 0 spiro atoms. The molecular formula is C18H18BrN3O2. The Balaban J connectivity index is 1.86. The van der Waals surface area contributed by atoms with Crippen LogP contribution in [0.5, 0.6) is 0 Å². The van der Waals surface area contributed by atoms with Crippen LogP contribution >= 0.6 is 15.9 Å². The topological polar surface area (TPSA) is 56.0 Å². The van der Waals surface area contributed by atoms with Gasteiger partial charge in [-0.2, -0.15) is 0 Å². The summed E-state index contributed by atoms with van der Waals surface area (Å²) in [4.78, 5) is 24.1. The summed E-state index contributed by atoms with van der Waals surface area (Å²) in [6.45, 7) is 4.65. The molecule has 0 fully saturated rings. The van der Waals surface area contributed by atoms with Crippen LogP contribution in [0.15, 0.2) is 51.9 Å². The van der Waals surface area contributed by atoms with Gasteiger partial charge in [0.2, 0.25) is 5.91 Å². The predicted octanol–water partition coefficient (Wildman–Crippen LogP) is 3.53. The predicted molar refractivity (Wildman–Crippen MR) is 99.4 cm³/mol. The lowest BCUT2D eigenvalue weighted by Crippen LogP contribution is -2.22. The summed E-state index contributed by atoms with van der Waals surface area (Å²) in [6.07, 6.45) is 1.66. The van der Waals surface area contributed by atoms with E-state index in [9.17, 15) is 9.59 Å². The quantitative estimate of drug-likeness (QED) is 0.744. The average molecular weight is 388 g/mol. The average Bonchev–Trinajstić information content (AvgIpc) is 2.82. The maximum atomic E-state index is 12.4. The molecule has 0 aliphatic heterocycles. The van der Waals surface area contributed by atoms with Crippen molar-refractivity contribution in [3.8, 4) is 0 Å². The number of aryl methyl sites for hydroxylation is 1. The number of rotatable bonds is 4. The standard InChI is InChI=1S/C18H18BrN3O2/c1-3-21-10-13(8-9-17(21)24)20-16(23)11-22-12(2)18(19)14-6-4-5-7-15(14)22/h4-10H,3,11H2,1-2H3,(H,20,23). The molecule has 3 rings (SSSR count). The Hall–Kier alpha value is -2.34. The molecule has 0 aliphatic rings. The lowest BCUT2D eigenvalue weighted by molar-refractivity contribution is -0.116. The maximum Gasteiger partial charge on any atom is 0.250 e. The van der Waals surface area contributed by atoms with Gasteiger partial charge in [-0.1, -0.05) is 18.2 Å². The monoisotopic (exact) mass is 387 g/mol. The molecular weight excluding hydrogens is 370 g/mol. The molecule has 3 aromatic rings.